The van der Waals surface area contributed by atoms with Gasteiger partial charge in [-0.25, -0.2) is 8.78 Å². The van der Waals surface area contributed by atoms with Crippen LogP contribution < -0.4 is 10.1 Å². The molecule has 216 valence electrons. The molecule has 0 saturated heterocycles. The SMILES string of the molecule is CNC1CCC(N(Cc2cc(-c3ccc(S(C)=O)cc3)ccc2OC)C(=O)c2sc3c(F)ccc(F)c3c2Cl)CC1. The lowest BCUT2D eigenvalue weighted by molar-refractivity contribution is 0.0604. The molecule has 5 rings (SSSR count). The molecular weight excluding hydrogens is 586 g/mol. The molecule has 3 aromatic carbocycles. The molecular formula is C31H31ClF2N2O3S2. The highest BCUT2D eigenvalue weighted by molar-refractivity contribution is 7.84. The summed E-state index contributed by atoms with van der Waals surface area (Å²) in [4.78, 5) is 16.8. The van der Waals surface area contributed by atoms with Crippen molar-refractivity contribution in [3.8, 4) is 16.9 Å². The van der Waals surface area contributed by atoms with Gasteiger partial charge in [0.2, 0.25) is 0 Å². The lowest BCUT2D eigenvalue weighted by Crippen LogP contribution is -2.44. The van der Waals surface area contributed by atoms with Gasteiger partial charge in [0.25, 0.3) is 5.91 Å². The first kappa shape index (κ1) is 29.6. The number of hydrogen-bond donors (Lipinski definition) is 1. The fraction of sp³-hybridized carbons (Fsp3) is 0.323. The van der Waals surface area contributed by atoms with Crippen molar-refractivity contribution in [1.29, 1.82) is 0 Å². The van der Waals surface area contributed by atoms with E-state index in [1.165, 1.54) is 0 Å². The zero-order valence-corrected chi connectivity index (χ0v) is 25.4. The molecule has 1 fully saturated rings. The number of halogens is 3. The number of thiophene rings is 1. The molecule has 10 heteroatoms. The fourth-order valence-corrected chi connectivity index (χ4v) is 7.54. The number of benzene rings is 3. The Morgan fingerprint density at radius 1 is 1.05 bits per heavy atom. The minimum absolute atomic E-state index is 0.0354. The molecule has 1 aliphatic rings. The molecule has 1 saturated carbocycles. The van der Waals surface area contributed by atoms with Gasteiger partial charge in [0.1, 0.15) is 22.3 Å². The highest BCUT2D eigenvalue weighted by atomic mass is 35.5. The molecule has 1 atom stereocenters. The third-order valence-corrected chi connectivity index (χ3v) is 10.4. The van der Waals surface area contributed by atoms with Crippen LogP contribution in [0.5, 0.6) is 5.75 Å². The van der Waals surface area contributed by atoms with Crippen LogP contribution in [0, 0.1) is 11.6 Å². The van der Waals surface area contributed by atoms with Gasteiger partial charge in [-0.05, 0) is 80.3 Å². The summed E-state index contributed by atoms with van der Waals surface area (Å²) in [6.45, 7) is 0.233. The second-order valence-corrected chi connectivity index (χ2v) is 13.0. The summed E-state index contributed by atoms with van der Waals surface area (Å²) >= 11 is 7.45. The van der Waals surface area contributed by atoms with Crippen LogP contribution in [0.3, 0.4) is 0 Å². The lowest BCUT2D eigenvalue weighted by atomic mass is 9.89. The summed E-state index contributed by atoms with van der Waals surface area (Å²) < 4.78 is 46.8. The summed E-state index contributed by atoms with van der Waals surface area (Å²) in [5.41, 5.74) is 2.66. The molecule has 1 heterocycles. The lowest BCUT2D eigenvalue weighted by Gasteiger charge is -2.37. The quantitative estimate of drug-likeness (QED) is 0.224. The van der Waals surface area contributed by atoms with Crippen LogP contribution in [0.25, 0.3) is 21.2 Å². The smallest absolute Gasteiger partial charge is 0.266 e. The van der Waals surface area contributed by atoms with E-state index >= 15 is 0 Å². The average Bonchev–Trinajstić information content (AvgIpc) is 3.35. The molecule has 1 N–H and O–H groups in total. The number of nitrogens with one attached hydrogen (secondary N) is 1. The molecule has 0 aliphatic heterocycles. The number of hydrogen-bond acceptors (Lipinski definition) is 5. The second-order valence-electron chi connectivity index (χ2n) is 10.2. The Balaban J connectivity index is 1.54. The normalized spacial score (nSPS) is 17.9. The highest BCUT2D eigenvalue weighted by Gasteiger charge is 2.33. The van der Waals surface area contributed by atoms with E-state index in [9.17, 15) is 17.8 Å². The number of rotatable bonds is 8. The van der Waals surface area contributed by atoms with Gasteiger partial charge in [-0.1, -0.05) is 29.8 Å². The van der Waals surface area contributed by atoms with Crippen molar-refractivity contribution in [3.05, 3.63) is 81.7 Å². The van der Waals surface area contributed by atoms with Crippen LogP contribution in [0.15, 0.2) is 59.5 Å². The molecule has 1 aromatic heterocycles. The summed E-state index contributed by atoms with van der Waals surface area (Å²) in [5.74, 6) is -0.998. The number of carbonyl (C=O) groups is 1. The third-order valence-electron chi connectivity index (χ3n) is 7.82. The summed E-state index contributed by atoms with van der Waals surface area (Å²) in [7, 11) is 2.45. The van der Waals surface area contributed by atoms with Gasteiger partial charge in [0.15, 0.2) is 0 Å². The van der Waals surface area contributed by atoms with Crippen LogP contribution in [-0.2, 0) is 17.3 Å². The van der Waals surface area contributed by atoms with E-state index in [4.69, 9.17) is 16.3 Å². The predicted octanol–water partition coefficient (Wildman–Crippen LogP) is 7.42. The molecule has 1 unspecified atom stereocenters. The third kappa shape index (κ3) is 6.04. The minimum atomic E-state index is -1.08. The Morgan fingerprint density at radius 2 is 1.71 bits per heavy atom. The molecule has 0 bridgehead atoms. The van der Waals surface area contributed by atoms with E-state index in [1.807, 2.05) is 49.5 Å². The van der Waals surface area contributed by atoms with Gasteiger partial charge in [0, 0.05) is 46.1 Å². The van der Waals surface area contributed by atoms with Crippen LogP contribution >= 0.6 is 22.9 Å². The second kappa shape index (κ2) is 12.6. The van der Waals surface area contributed by atoms with Crippen LogP contribution in [-0.4, -0.2) is 47.5 Å². The Hall–Kier alpha value is -2.85. The van der Waals surface area contributed by atoms with Crippen molar-refractivity contribution >= 4 is 49.7 Å². The van der Waals surface area contributed by atoms with Crippen molar-refractivity contribution in [2.24, 2.45) is 0 Å². The van der Waals surface area contributed by atoms with E-state index in [1.54, 1.807) is 18.3 Å². The molecule has 4 aromatic rings. The van der Waals surface area contributed by atoms with Gasteiger partial charge < -0.3 is 15.0 Å². The molecule has 41 heavy (non-hydrogen) atoms. The minimum Gasteiger partial charge on any atom is -0.496 e. The number of fused-ring (bicyclic) bond motifs is 1. The predicted molar refractivity (Wildman–Crippen MR) is 162 cm³/mol. The Kier molecular flexibility index (Phi) is 9.09. The summed E-state index contributed by atoms with van der Waals surface area (Å²) in [5, 5.41) is 3.20. The van der Waals surface area contributed by atoms with E-state index in [0.717, 1.165) is 70.7 Å². The van der Waals surface area contributed by atoms with Crippen LogP contribution in [0.1, 0.15) is 40.9 Å². The van der Waals surface area contributed by atoms with E-state index in [0.29, 0.717) is 11.8 Å². The molecule has 5 nitrogen and oxygen atoms in total. The number of nitrogens with zero attached hydrogens (tertiary/aromatic N) is 1. The maximum absolute atomic E-state index is 14.7. The Bertz CT molecular complexity index is 1600. The largest absolute Gasteiger partial charge is 0.496 e. The van der Waals surface area contributed by atoms with Gasteiger partial charge in [-0.15, -0.1) is 11.3 Å². The number of ether oxygens (including phenoxy) is 1. The number of methoxy groups -OCH3 is 1. The maximum atomic E-state index is 14.7. The molecule has 1 amide bonds. The van der Waals surface area contributed by atoms with Crippen molar-refractivity contribution in [2.75, 3.05) is 20.4 Å². The Labute approximate surface area is 249 Å². The van der Waals surface area contributed by atoms with E-state index in [-0.39, 0.29) is 38.5 Å². The van der Waals surface area contributed by atoms with Crippen molar-refractivity contribution in [3.63, 3.8) is 0 Å². The first-order chi connectivity index (χ1) is 19.7. The van der Waals surface area contributed by atoms with Gasteiger partial charge in [0.05, 0.1) is 22.2 Å². The summed E-state index contributed by atoms with van der Waals surface area (Å²) in [6.07, 6.45) is 5.00. The monoisotopic (exact) mass is 616 g/mol. The standard InChI is InChI=1S/C31H31ClF2N2O3S2/c1-35-21-7-9-22(10-8-21)36(31(37)30-28(32)27-24(33)13-14-25(34)29(27)40-30)17-20-16-19(6-15-26(20)39-2)18-4-11-23(12-5-18)41(3)38/h4-6,11-16,21-22,35H,7-10,17H2,1-3H3. The maximum Gasteiger partial charge on any atom is 0.266 e. The zero-order valence-electron chi connectivity index (χ0n) is 23.0. The van der Waals surface area contributed by atoms with Crippen molar-refractivity contribution < 1.29 is 22.5 Å². The zero-order chi connectivity index (χ0) is 29.3. The van der Waals surface area contributed by atoms with E-state index in [2.05, 4.69) is 5.32 Å². The topological polar surface area (TPSA) is 58.6 Å². The Morgan fingerprint density at radius 3 is 2.32 bits per heavy atom. The van der Waals surface area contributed by atoms with Gasteiger partial charge >= 0.3 is 0 Å². The highest BCUT2D eigenvalue weighted by Crippen LogP contribution is 2.40. The number of carbonyl (C=O) groups excluding carboxylic acids is 1. The molecule has 0 spiro atoms. The van der Waals surface area contributed by atoms with E-state index < -0.39 is 22.4 Å². The van der Waals surface area contributed by atoms with Gasteiger partial charge in [-0.2, -0.15) is 0 Å². The van der Waals surface area contributed by atoms with Crippen molar-refractivity contribution in [1.82, 2.24) is 10.2 Å². The number of amides is 1. The van der Waals surface area contributed by atoms with Crippen LogP contribution in [0.4, 0.5) is 8.78 Å². The average molecular weight is 617 g/mol. The van der Waals surface area contributed by atoms with Crippen LogP contribution in [0.2, 0.25) is 5.02 Å². The molecule has 1 aliphatic carbocycles. The first-order valence-electron chi connectivity index (χ1n) is 13.4. The molecule has 0 radical (unpaired) electrons. The fourth-order valence-electron chi connectivity index (χ4n) is 5.51. The first-order valence-corrected chi connectivity index (χ1v) is 16.1. The van der Waals surface area contributed by atoms with Crippen molar-refractivity contribution in [2.45, 2.75) is 49.2 Å². The summed E-state index contributed by atoms with van der Waals surface area (Å²) in [6, 6.07) is 15.7. The van der Waals surface area contributed by atoms with Gasteiger partial charge in [-0.3, -0.25) is 9.00 Å².